The fourth-order valence-electron chi connectivity index (χ4n) is 8.77. The Balaban J connectivity index is 1.20. The highest BCUT2D eigenvalue weighted by atomic mass is 35.5. The van der Waals surface area contributed by atoms with Crippen LogP contribution in [0.2, 0.25) is 5.02 Å². The second kappa shape index (κ2) is 27.1. The van der Waals surface area contributed by atoms with Crippen LogP contribution < -0.4 is 36.6 Å². The number of epoxide rings is 1. The number of hydroxylamine groups is 2. The Morgan fingerprint density at radius 1 is 0.859 bits per heavy atom. The summed E-state index contributed by atoms with van der Waals surface area (Å²) in [5.41, 5.74) is 0.582. The number of hydrogen-bond acceptors (Lipinski definition) is 14. The summed E-state index contributed by atoms with van der Waals surface area (Å²) in [5, 5.41) is 17.5. The first-order chi connectivity index (χ1) is 36.6. The molecular weight excluding hydrogens is 1030 g/mol. The van der Waals surface area contributed by atoms with Gasteiger partial charge in [0.05, 0.1) is 23.7 Å². The van der Waals surface area contributed by atoms with Crippen LogP contribution >= 0.6 is 11.6 Å². The lowest BCUT2D eigenvalue weighted by molar-refractivity contribution is -0.197. The van der Waals surface area contributed by atoms with Crippen LogP contribution in [0.1, 0.15) is 137 Å². The molecule has 8 amide bonds. The van der Waals surface area contributed by atoms with Crippen LogP contribution in [-0.4, -0.2) is 114 Å². The van der Waals surface area contributed by atoms with Gasteiger partial charge in [-0.3, -0.25) is 38.4 Å². The van der Waals surface area contributed by atoms with E-state index in [-0.39, 0.29) is 69.9 Å². The standard InChI is InChI=1S/C56H76ClN7O14/c1-30(2)47(63-43(66)16-13-17-46(69)78-64-44(67)24-25-45(64)68)52(72)59-32(4)50(70)58-29-34-18-21-36(22-19-34)49-48(77-49)31(3)40-14-12-15-42(65)61-38(27-35-20-23-41(75-11)37(57)26-35)51(71)60-33(5)56(9,10)54(74)62-39(53(73)76-40)28-55(6,7)8/h12,15,18-23,26,30-33,38-40,47-49H,13-14,16-17,24-25,27-29H2,1-11H3,(H,58,70)(H,59,72)(H,60,71)(H,61,65)(H,62,74)(H,63,66)/b15-12+/t31-,32?,33?,38+,39-,40-,47-,48+,49+/m0/s1. The summed E-state index contributed by atoms with van der Waals surface area (Å²) in [6.07, 6.45) is 1.25. The van der Waals surface area contributed by atoms with Gasteiger partial charge in [-0.2, -0.15) is 0 Å². The smallest absolute Gasteiger partial charge is 0.333 e. The van der Waals surface area contributed by atoms with Crippen molar-refractivity contribution < 1.29 is 67.0 Å². The number of rotatable bonds is 19. The molecule has 2 fully saturated rings. The topological polar surface area (TPSA) is 286 Å². The number of halogens is 1. The Morgan fingerprint density at radius 2 is 1.51 bits per heavy atom. The third-order valence-corrected chi connectivity index (χ3v) is 14.3. The summed E-state index contributed by atoms with van der Waals surface area (Å²) in [6, 6.07) is 7.60. The number of amides is 8. The van der Waals surface area contributed by atoms with E-state index in [2.05, 4.69) is 31.9 Å². The molecule has 0 aromatic heterocycles. The highest BCUT2D eigenvalue weighted by Crippen LogP contribution is 2.45. The van der Waals surface area contributed by atoms with Gasteiger partial charge >= 0.3 is 11.9 Å². The average Bonchev–Trinajstić information content (AvgIpc) is 4.15. The van der Waals surface area contributed by atoms with E-state index in [9.17, 15) is 47.9 Å². The Morgan fingerprint density at radius 3 is 2.13 bits per heavy atom. The zero-order chi connectivity index (χ0) is 57.8. The average molecular weight is 1110 g/mol. The fraction of sp³-hybridized carbons (Fsp3) is 0.571. The molecule has 426 valence electrons. The van der Waals surface area contributed by atoms with Crippen molar-refractivity contribution in [1.29, 1.82) is 0 Å². The molecule has 2 unspecified atom stereocenters. The van der Waals surface area contributed by atoms with E-state index >= 15 is 0 Å². The first-order valence-corrected chi connectivity index (χ1v) is 26.8. The lowest BCUT2D eigenvalue weighted by Crippen LogP contribution is -2.58. The number of imide groups is 1. The van der Waals surface area contributed by atoms with Crippen LogP contribution in [0, 0.1) is 22.7 Å². The second-order valence-corrected chi connectivity index (χ2v) is 22.8. The molecule has 2 aromatic rings. The summed E-state index contributed by atoms with van der Waals surface area (Å²) in [4.78, 5) is 135. The first kappa shape index (κ1) is 62.0. The Bertz CT molecular complexity index is 2580. The van der Waals surface area contributed by atoms with Crippen molar-refractivity contribution in [1.82, 2.24) is 37.0 Å². The molecule has 0 radical (unpaired) electrons. The van der Waals surface area contributed by atoms with E-state index in [1.54, 1.807) is 58.9 Å². The number of carbonyl (C=O) groups excluding carboxylic acids is 10. The Labute approximate surface area is 460 Å². The van der Waals surface area contributed by atoms with Crippen molar-refractivity contribution in [3.8, 4) is 5.75 Å². The number of methoxy groups -OCH3 is 1. The van der Waals surface area contributed by atoms with Gasteiger partial charge in [0.2, 0.25) is 35.4 Å². The minimum absolute atomic E-state index is 0.0367. The number of ether oxygens (including phenoxy) is 3. The highest BCUT2D eigenvalue weighted by Gasteiger charge is 2.48. The minimum Gasteiger partial charge on any atom is -0.495 e. The van der Waals surface area contributed by atoms with E-state index in [4.69, 9.17) is 30.6 Å². The second-order valence-electron chi connectivity index (χ2n) is 22.3. The summed E-state index contributed by atoms with van der Waals surface area (Å²) >= 11 is 6.41. The number of cyclic esters (lactones) is 1. The minimum atomic E-state index is -1.23. The van der Waals surface area contributed by atoms with Crippen molar-refractivity contribution in [3.05, 3.63) is 76.3 Å². The number of nitrogens with one attached hydrogen (secondary N) is 6. The molecule has 0 spiro atoms. The van der Waals surface area contributed by atoms with E-state index in [1.165, 1.54) is 20.1 Å². The third-order valence-electron chi connectivity index (χ3n) is 14.0. The zero-order valence-electron chi connectivity index (χ0n) is 46.4. The van der Waals surface area contributed by atoms with Gasteiger partial charge in [0.1, 0.15) is 42.1 Å². The summed E-state index contributed by atoms with van der Waals surface area (Å²) < 4.78 is 17.7. The molecular formula is C56H76ClN7O14. The van der Waals surface area contributed by atoms with Crippen molar-refractivity contribution >= 4 is 70.8 Å². The van der Waals surface area contributed by atoms with Gasteiger partial charge in [-0.05, 0) is 86.8 Å². The van der Waals surface area contributed by atoms with Crippen LogP contribution in [0.15, 0.2) is 54.6 Å². The monoisotopic (exact) mass is 1110 g/mol. The summed E-state index contributed by atoms with van der Waals surface area (Å²) in [6.45, 7) is 17.8. The lowest BCUT2D eigenvalue weighted by Gasteiger charge is -2.35. The van der Waals surface area contributed by atoms with Gasteiger partial charge in [-0.1, -0.05) is 89.6 Å². The van der Waals surface area contributed by atoms with Gasteiger partial charge in [-0.15, -0.1) is 5.06 Å². The molecule has 21 nitrogen and oxygen atoms in total. The van der Waals surface area contributed by atoms with Gasteiger partial charge in [0.15, 0.2) is 0 Å². The van der Waals surface area contributed by atoms with Crippen LogP contribution in [-0.2, 0) is 75.2 Å². The third kappa shape index (κ3) is 17.6. The summed E-state index contributed by atoms with van der Waals surface area (Å²) in [7, 11) is 1.49. The van der Waals surface area contributed by atoms with Gasteiger partial charge in [0.25, 0.3) is 11.8 Å². The maximum absolute atomic E-state index is 14.2. The molecule has 5 rings (SSSR count). The number of benzene rings is 2. The quantitative estimate of drug-likeness (QED) is 0.0642. The maximum atomic E-state index is 14.2. The lowest BCUT2D eigenvalue weighted by atomic mass is 9.82. The fourth-order valence-corrected chi connectivity index (χ4v) is 9.05. The predicted octanol–water partition coefficient (Wildman–Crippen LogP) is 4.51. The molecule has 3 aliphatic heterocycles. The molecule has 0 bridgehead atoms. The van der Waals surface area contributed by atoms with Crippen molar-refractivity contribution in [2.75, 3.05) is 7.11 Å². The van der Waals surface area contributed by atoms with Gasteiger partial charge in [0, 0.05) is 57.0 Å². The normalized spacial score (nSPS) is 23.6. The predicted molar refractivity (Wildman–Crippen MR) is 285 cm³/mol. The van der Waals surface area contributed by atoms with E-state index in [0.29, 0.717) is 21.4 Å². The molecule has 78 heavy (non-hydrogen) atoms. The molecule has 3 heterocycles. The summed E-state index contributed by atoms with van der Waals surface area (Å²) in [5.74, 6) is -6.20. The van der Waals surface area contributed by atoms with Crippen molar-refractivity contribution in [2.24, 2.45) is 22.7 Å². The van der Waals surface area contributed by atoms with Crippen LogP contribution in [0.4, 0.5) is 0 Å². The van der Waals surface area contributed by atoms with Crippen LogP contribution in [0.25, 0.3) is 0 Å². The molecule has 0 aliphatic carbocycles. The van der Waals surface area contributed by atoms with E-state index in [0.717, 1.165) is 11.1 Å². The maximum Gasteiger partial charge on any atom is 0.333 e. The number of esters is 1. The number of carbonyl (C=O) groups is 10. The Hall–Kier alpha value is -6.87. The largest absolute Gasteiger partial charge is 0.495 e. The van der Waals surface area contributed by atoms with E-state index in [1.807, 2.05) is 52.0 Å². The molecule has 2 saturated heterocycles. The van der Waals surface area contributed by atoms with Gasteiger partial charge in [-0.25, -0.2) is 9.59 Å². The van der Waals surface area contributed by atoms with Crippen molar-refractivity contribution in [3.63, 3.8) is 0 Å². The number of nitrogens with zero attached hydrogens (tertiary/aromatic N) is 1. The van der Waals surface area contributed by atoms with Crippen LogP contribution in [0.3, 0.4) is 0 Å². The van der Waals surface area contributed by atoms with E-state index < -0.39 is 118 Å². The Kier molecular flexibility index (Phi) is 21.6. The first-order valence-electron chi connectivity index (χ1n) is 26.4. The van der Waals surface area contributed by atoms with Gasteiger partial charge < -0.3 is 50.9 Å². The molecule has 3 aliphatic rings. The highest BCUT2D eigenvalue weighted by molar-refractivity contribution is 6.32. The molecule has 9 atom stereocenters. The molecule has 0 saturated carbocycles. The zero-order valence-corrected chi connectivity index (χ0v) is 47.1. The molecule has 6 N–H and O–H groups in total. The molecule has 22 heteroatoms. The van der Waals surface area contributed by atoms with Crippen LogP contribution in [0.5, 0.6) is 5.75 Å². The number of hydrogen-bond donors (Lipinski definition) is 6. The molecule has 2 aromatic carbocycles. The SMILES string of the molecule is COc1ccc(C[C@H]2NC(=O)/C=C/C[C@@H]([C@H](C)[C@H]3O[C@@H]3c3ccc(CNC(=O)C(C)NC(=O)[C@@H](NC(=O)CCCC(=O)ON4C(=O)CCC4=O)C(C)C)cc3)OC(=O)[C@H](CC(C)(C)C)NC(=O)C(C)(C)C(C)NC2=O)cc1Cl. The van der Waals surface area contributed by atoms with Crippen molar-refractivity contribution in [2.45, 2.75) is 176 Å².